The maximum absolute atomic E-state index is 11.4. The Morgan fingerprint density at radius 3 is 2.05 bits per heavy atom. The van der Waals surface area contributed by atoms with Crippen LogP contribution >= 0.6 is 0 Å². The van der Waals surface area contributed by atoms with Crippen molar-refractivity contribution < 1.29 is 14.6 Å². The minimum atomic E-state index is -0.996. The molecule has 1 N–H and O–H groups in total. The molecule has 0 aliphatic rings. The molecule has 0 bridgehead atoms. The van der Waals surface area contributed by atoms with E-state index in [0.29, 0.717) is 17.2 Å². The summed E-state index contributed by atoms with van der Waals surface area (Å²) in [4.78, 5) is 11.4. The van der Waals surface area contributed by atoms with Crippen molar-refractivity contribution in [1.29, 1.82) is 0 Å². The van der Waals surface area contributed by atoms with Gasteiger partial charge in [-0.3, -0.25) is 0 Å². The summed E-state index contributed by atoms with van der Waals surface area (Å²) >= 11 is 0. The maximum atomic E-state index is 11.4. The van der Waals surface area contributed by atoms with Crippen LogP contribution in [0.1, 0.15) is 37.0 Å². The van der Waals surface area contributed by atoms with E-state index in [2.05, 4.69) is 13.8 Å². The number of carboxylic acid groups (broad SMARTS) is 1. The highest BCUT2D eigenvalue weighted by molar-refractivity contribution is 5.74. The van der Waals surface area contributed by atoms with Crippen LogP contribution in [0.25, 0.3) is 0 Å². The molecule has 0 aromatic heterocycles. The van der Waals surface area contributed by atoms with Gasteiger partial charge >= 0.3 is 5.97 Å². The Morgan fingerprint density at radius 2 is 1.55 bits per heavy atom. The van der Waals surface area contributed by atoms with Crippen molar-refractivity contribution >= 4 is 5.97 Å². The fraction of sp³-hybridized carbons (Fsp3) is 0.235. The van der Waals surface area contributed by atoms with Crippen LogP contribution in [0.2, 0.25) is 0 Å². The standard InChI is InChI=1S/C17H18O3/c1-12(2)13-8-10-15(11-9-13)20-16(17(18)19)14-6-4-3-5-7-14/h3-12,16H,1-2H3,(H,18,19)/t16-/m1/s1. The molecular weight excluding hydrogens is 252 g/mol. The second-order valence-electron chi connectivity index (χ2n) is 4.97. The van der Waals surface area contributed by atoms with Gasteiger partial charge in [0.25, 0.3) is 0 Å². The third-order valence-corrected chi connectivity index (χ3v) is 3.13. The third kappa shape index (κ3) is 3.38. The molecule has 3 heteroatoms. The van der Waals surface area contributed by atoms with Crippen LogP contribution in [0.15, 0.2) is 54.6 Å². The lowest BCUT2D eigenvalue weighted by Gasteiger charge is -2.16. The number of hydrogen-bond donors (Lipinski definition) is 1. The number of carboxylic acids is 1. The van der Waals surface area contributed by atoms with Crippen molar-refractivity contribution in [3.05, 3.63) is 65.7 Å². The van der Waals surface area contributed by atoms with Gasteiger partial charge in [0, 0.05) is 5.56 Å². The molecule has 0 saturated heterocycles. The second kappa shape index (κ2) is 6.24. The molecule has 1 atom stereocenters. The van der Waals surface area contributed by atoms with Gasteiger partial charge < -0.3 is 9.84 Å². The molecule has 0 amide bonds. The van der Waals surface area contributed by atoms with Crippen molar-refractivity contribution in [3.63, 3.8) is 0 Å². The van der Waals surface area contributed by atoms with Gasteiger partial charge in [-0.05, 0) is 23.6 Å². The number of aliphatic carboxylic acids is 1. The van der Waals surface area contributed by atoms with E-state index in [1.54, 1.807) is 24.3 Å². The van der Waals surface area contributed by atoms with Crippen LogP contribution < -0.4 is 4.74 Å². The van der Waals surface area contributed by atoms with Gasteiger partial charge in [0.2, 0.25) is 6.10 Å². The zero-order chi connectivity index (χ0) is 14.5. The van der Waals surface area contributed by atoms with Crippen molar-refractivity contribution in [1.82, 2.24) is 0 Å². The molecule has 0 unspecified atom stereocenters. The summed E-state index contributed by atoms with van der Waals surface area (Å²) in [6.07, 6.45) is -0.985. The molecule has 0 aliphatic carbocycles. The van der Waals surface area contributed by atoms with Crippen LogP contribution in [-0.4, -0.2) is 11.1 Å². The molecule has 2 aromatic carbocycles. The van der Waals surface area contributed by atoms with Gasteiger partial charge in [-0.1, -0.05) is 56.3 Å². The van der Waals surface area contributed by atoms with Gasteiger partial charge in [-0.2, -0.15) is 0 Å². The Morgan fingerprint density at radius 1 is 0.950 bits per heavy atom. The normalized spacial score (nSPS) is 12.2. The minimum absolute atomic E-state index is 0.438. The molecule has 20 heavy (non-hydrogen) atoms. The zero-order valence-electron chi connectivity index (χ0n) is 11.6. The Bertz CT molecular complexity index is 559. The molecule has 2 aromatic rings. The van der Waals surface area contributed by atoms with Crippen molar-refractivity contribution in [2.75, 3.05) is 0 Å². The SMILES string of the molecule is CC(C)c1ccc(O[C@@H](C(=O)O)c2ccccc2)cc1. The van der Waals surface area contributed by atoms with Gasteiger partial charge in [-0.15, -0.1) is 0 Å². The molecule has 0 spiro atoms. The van der Waals surface area contributed by atoms with Gasteiger partial charge in [0.05, 0.1) is 0 Å². The van der Waals surface area contributed by atoms with E-state index in [0.717, 1.165) is 0 Å². The summed E-state index contributed by atoms with van der Waals surface area (Å²) in [5.74, 6) is 0.00299. The lowest BCUT2D eigenvalue weighted by atomic mass is 10.0. The monoisotopic (exact) mass is 270 g/mol. The Kier molecular flexibility index (Phi) is 4.41. The van der Waals surface area contributed by atoms with Gasteiger partial charge in [0.1, 0.15) is 5.75 Å². The van der Waals surface area contributed by atoms with Gasteiger partial charge in [0.15, 0.2) is 0 Å². The van der Waals surface area contributed by atoms with E-state index >= 15 is 0 Å². The molecule has 0 fully saturated rings. The first-order valence-corrected chi connectivity index (χ1v) is 6.62. The lowest BCUT2D eigenvalue weighted by Crippen LogP contribution is -2.18. The van der Waals surface area contributed by atoms with Crippen molar-refractivity contribution in [2.45, 2.75) is 25.9 Å². The Balaban J connectivity index is 2.19. The largest absolute Gasteiger partial charge is 0.478 e. The molecule has 104 valence electrons. The zero-order valence-corrected chi connectivity index (χ0v) is 11.6. The van der Waals surface area contributed by atoms with Crippen molar-refractivity contribution in [2.24, 2.45) is 0 Å². The van der Waals surface area contributed by atoms with Crippen LogP contribution in [0, 0.1) is 0 Å². The first kappa shape index (κ1) is 14.1. The summed E-state index contributed by atoms with van der Waals surface area (Å²) in [6, 6.07) is 16.5. The quantitative estimate of drug-likeness (QED) is 0.892. The number of ether oxygens (including phenoxy) is 1. The fourth-order valence-electron chi connectivity index (χ4n) is 1.96. The third-order valence-electron chi connectivity index (χ3n) is 3.13. The number of carbonyl (C=O) groups is 1. The summed E-state index contributed by atoms with van der Waals surface area (Å²) < 4.78 is 5.60. The minimum Gasteiger partial charge on any atom is -0.478 e. The molecule has 3 nitrogen and oxygen atoms in total. The number of hydrogen-bond acceptors (Lipinski definition) is 2. The summed E-state index contributed by atoms with van der Waals surface area (Å²) in [5.41, 5.74) is 1.83. The van der Waals surface area contributed by atoms with E-state index in [9.17, 15) is 9.90 Å². The highest BCUT2D eigenvalue weighted by Crippen LogP contribution is 2.24. The predicted octanol–water partition coefficient (Wildman–Crippen LogP) is 4.01. The van der Waals surface area contributed by atoms with Crippen molar-refractivity contribution in [3.8, 4) is 5.75 Å². The number of benzene rings is 2. The molecular formula is C17H18O3. The average molecular weight is 270 g/mol. The fourth-order valence-corrected chi connectivity index (χ4v) is 1.96. The summed E-state index contributed by atoms with van der Waals surface area (Å²) in [5, 5.41) is 9.31. The molecule has 0 heterocycles. The van der Waals surface area contributed by atoms with E-state index in [-0.39, 0.29) is 0 Å². The first-order chi connectivity index (χ1) is 9.58. The highest BCUT2D eigenvalue weighted by Gasteiger charge is 2.21. The second-order valence-corrected chi connectivity index (χ2v) is 4.97. The molecule has 0 aliphatic heterocycles. The maximum Gasteiger partial charge on any atom is 0.349 e. The number of rotatable bonds is 5. The topological polar surface area (TPSA) is 46.5 Å². The Hall–Kier alpha value is -2.29. The van der Waals surface area contributed by atoms with E-state index in [1.165, 1.54) is 5.56 Å². The summed E-state index contributed by atoms with van der Waals surface area (Å²) in [6.45, 7) is 4.22. The van der Waals surface area contributed by atoms with Crippen LogP contribution in [0.4, 0.5) is 0 Å². The molecule has 0 radical (unpaired) electrons. The highest BCUT2D eigenvalue weighted by atomic mass is 16.5. The van der Waals surface area contributed by atoms with Gasteiger partial charge in [-0.25, -0.2) is 4.79 Å². The first-order valence-electron chi connectivity index (χ1n) is 6.62. The van der Waals surface area contributed by atoms with Crippen LogP contribution in [0.3, 0.4) is 0 Å². The molecule has 2 rings (SSSR count). The predicted molar refractivity (Wildman–Crippen MR) is 78.0 cm³/mol. The van der Waals surface area contributed by atoms with E-state index < -0.39 is 12.1 Å². The molecule has 0 saturated carbocycles. The average Bonchev–Trinajstić information content (AvgIpc) is 2.46. The van der Waals surface area contributed by atoms with Crippen LogP contribution in [0.5, 0.6) is 5.75 Å². The van der Waals surface area contributed by atoms with Crippen LogP contribution in [-0.2, 0) is 4.79 Å². The van der Waals surface area contributed by atoms with E-state index in [1.807, 2.05) is 30.3 Å². The smallest absolute Gasteiger partial charge is 0.349 e. The summed E-state index contributed by atoms with van der Waals surface area (Å²) in [7, 11) is 0. The van der Waals surface area contributed by atoms with E-state index in [4.69, 9.17) is 4.74 Å². The lowest BCUT2D eigenvalue weighted by molar-refractivity contribution is -0.145. The Labute approximate surface area is 118 Å².